The highest BCUT2D eigenvalue weighted by Crippen LogP contribution is 2.31. The van der Waals surface area contributed by atoms with E-state index in [9.17, 15) is 4.79 Å². The number of piperazine rings is 1. The molecule has 178 valence electrons. The molecule has 2 aromatic rings. The van der Waals surface area contributed by atoms with Gasteiger partial charge in [0.2, 0.25) is 5.95 Å². The van der Waals surface area contributed by atoms with Crippen molar-refractivity contribution in [3.05, 3.63) is 53.9 Å². The van der Waals surface area contributed by atoms with Crippen LogP contribution in [0, 0.1) is 11.3 Å². The average Bonchev–Trinajstić information content (AvgIpc) is 2.87. The number of benzene rings is 1. The van der Waals surface area contributed by atoms with Crippen LogP contribution in [0.25, 0.3) is 0 Å². The highest BCUT2D eigenvalue weighted by atomic mass is 16.2. The fraction of sp³-hybridized carbons (Fsp3) is 0.538. The fourth-order valence-corrected chi connectivity index (χ4v) is 5.63. The molecule has 8 heteroatoms. The van der Waals surface area contributed by atoms with E-state index in [-0.39, 0.29) is 24.2 Å². The summed E-state index contributed by atoms with van der Waals surface area (Å²) in [5, 5.41) is 12.3. The van der Waals surface area contributed by atoms with Crippen LogP contribution in [-0.4, -0.2) is 70.1 Å². The second-order valence-electron chi connectivity index (χ2n) is 9.77. The predicted molar refractivity (Wildman–Crippen MR) is 130 cm³/mol. The zero-order chi connectivity index (χ0) is 23.3. The summed E-state index contributed by atoms with van der Waals surface area (Å²) in [7, 11) is 0. The van der Waals surface area contributed by atoms with Crippen LogP contribution in [0.3, 0.4) is 0 Å². The second kappa shape index (κ2) is 10.4. The molecule has 6 rings (SSSR count). The van der Waals surface area contributed by atoms with Crippen LogP contribution in [0.4, 0.5) is 10.7 Å². The number of nitrogens with zero attached hydrogens (tertiary/aromatic N) is 6. The monoisotopic (exact) mass is 459 g/mol. The lowest BCUT2D eigenvalue weighted by Gasteiger charge is -2.51. The Kier molecular flexibility index (Phi) is 6.91. The summed E-state index contributed by atoms with van der Waals surface area (Å²) in [6.07, 6.45) is 9.48. The number of anilines is 1. The first-order valence-electron chi connectivity index (χ1n) is 12.5. The predicted octanol–water partition coefficient (Wildman–Crippen LogP) is 3.16. The summed E-state index contributed by atoms with van der Waals surface area (Å²) in [5.41, 5.74) is 1.84. The van der Waals surface area contributed by atoms with Gasteiger partial charge in [0, 0.05) is 31.7 Å². The van der Waals surface area contributed by atoms with Crippen LogP contribution in [0.2, 0.25) is 0 Å². The number of urea groups is 1. The van der Waals surface area contributed by atoms with Crippen molar-refractivity contribution in [2.45, 2.75) is 63.2 Å². The Bertz CT molecular complexity index is 996. The number of amides is 2. The summed E-state index contributed by atoms with van der Waals surface area (Å²) < 4.78 is 0. The van der Waals surface area contributed by atoms with Crippen LogP contribution in [0.15, 0.2) is 42.7 Å². The number of hydrogen-bond acceptors (Lipinski definition) is 6. The summed E-state index contributed by atoms with van der Waals surface area (Å²) in [6, 6.07) is 13.5. The molecule has 0 saturated carbocycles. The van der Waals surface area contributed by atoms with Gasteiger partial charge in [-0.2, -0.15) is 5.26 Å². The van der Waals surface area contributed by atoms with Crippen molar-refractivity contribution in [2.24, 2.45) is 0 Å². The van der Waals surface area contributed by atoms with Gasteiger partial charge in [-0.05, 0) is 57.2 Å². The van der Waals surface area contributed by atoms with Gasteiger partial charge in [0.25, 0.3) is 0 Å². The highest BCUT2D eigenvalue weighted by Gasteiger charge is 2.42. The number of piperidine rings is 2. The molecule has 1 aromatic carbocycles. The van der Waals surface area contributed by atoms with E-state index in [1.807, 2.05) is 4.90 Å². The summed E-state index contributed by atoms with van der Waals surface area (Å²) in [4.78, 5) is 28.7. The van der Waals surface area contributed by atoms with Crippen molar-refractivity contribution in [1.29, 1.82) is 5.26 Å². The molecule has 4 fully saturated rings. The molecule has 5 heterocycles. The van der Waals surface area contributed by atoms with Crippen molar-refractivity contribution in [3.63, 3.8) is 0 Å². The zero-order valence-corrected chi connectivity index (χ0v) is 19.6. The smallest absolute Gasteiger partial charge is 0.317 e. The minimum atomic E-state index is 0.0850. The lowest BCUT2D eigenvalue weighted by molar-refractivity contribution is 0.110. The molecule has 0 unspecified atom stereocenters. The van der Waals surface area contributed by atoms with Gasteiger partial charge in [0.1, 0.15) is 6.07 Å². The summed E-state index contributed by atoms with van der Waals surface area (Å²) in [5.74, 6) is 0.661. The second-order valence-corrected chi connectivity index (χ2v) is 9.77. The van der Waals surface area contributed by atoms with E-state index in [0.29, 0.717) is 18.1 Å². The Hall–Kier alpha value is -3.18. The minimum absolute atomic E-state index is 0.0850. The quantitative estimate of drug-likeness (QED) is 0.756. The Morgan fingerprint density at radius 3 is 2.35 bits per heavy atom. The molecule has 0 aliphatic carbocycles. The first-order valence-corrected chi connectivity index (χ1v) is 12.5. The molecule has 2 atom stereocenters. The van der Waals surface area contributed by atoms with Gasteiger partial charge < -0.3 is 15.1 Å². The van der Waals surface area contributed by atoms with Crippen LogP contribution < -0.4 is 10.2 Å². The topological polar surface area (TPSA) is 88.4 Å². The highest BCUT2D eigenvalue weighted by molar-refractivity contribution is 5.75. The molecule has 8 nitrogen and oxygen atoms in total. The number of nitrogens with one attached hydrogen (secondary N) is 1. The standard InChI is InChI=1S/C26H33N7O/c27-14-21-15-28-25(29-16-21)32-18-24-11-10-23(32)19-33(24)26(34)30-22-8-4-12-31(13-5-9-22)17-20-6-2-1-3-7-20/h1-3,6-7,15-16,22-24H,4-5,8-13,17-19H2,(H,30,34)/t23-,24-/m0/s1. The van der Waals surface area contributed by atoms with Gasteiger partial charge in [0.15, 0.2) is 0 Å². The number of carbonyl (C=O) groups excluding carboxylic acids is 1. The molecule has 0 spiro atoms. The first-order chi connectivity index (χ1) is 16.7. The van der Waals surface area contributed by atoms with E-state index in [4.69, 9.17) is 5.26 Å². The van der Waals surface area contributed by atoms with Gasteiger partial charge in [0.05, 0.1) is 24.0 Å². The van der Waals surface area contributed by atoms with Gasteiger partial charge in [-0.25, -0.2) is 14.8 Å². The maximum Gasteiger partial charge on any atom is 0.317 e. The van der Waals surface area contributed by atoms with Crippen LogP contribution in [-0.2, 0) is 6.54 Å². The van der Waals surface area contributed by atoms with E-state index < -0.39 is 0 Å². The van der Waals surface area contributed by atoms with Gasteiger partial charge in [-0.3, -0.25) is 4.90 Å². The number of likely N-dealkylation sites (tertiary alicyclic amines) is 1. The zero-order valence-electron chi connectivity index (χ0n) is 19.6. The molecule has 0 radical (unpaired) electrons. The fourth-order valence-electron chi connectivity index (χ4n) is 5.63. The van der Waals surface area contributed by atoms with Gasteiger partial charge in [-0.1, -0.05) is 30.3 Å². The van der Waals surface area contributed by atoms with Gasteiger partial charge >= 0.3 is 6.03 Å². The molecule has 4 aliphatic rings. The lowest BCUT2D eigenvalue weighted by atomic mass is 9.91. The van der Waals surface area contributed by atoms with Crippen LogP contribution in [0.5, 0.6) is 0 Å². The van der Waals surface area contributed by atoms with E-state index in [1.165, 1.54) is 5.56 Å². The van der Waals surface area contributed by atoms with Crippen LogP contribution >= 0.6 is 0 Å². The third-order valence-electron chi connectivity index (χ3n) is 7.45. The Labute approximate surface area is 201 Å². The molecule has 4 saturated heterocycles. The summed E-state index contributed by atoms with van der Waals surface area (Å²) >= 11 is 0. The molecule has 2 amide bonds. The lowest BCUT2D eigenvalue weighted by Crippen LogP contribution is -2.66. The third kappa shape index (κ3) is 5.15. The normalized spacial score (nSPS) is 23.7. The Morgan fingerprint density at radius 1 is 1.00 bits per heavy atom. The van der Waals surface area contributed by atoms with Crippen molar-refractivity contribution in [1.82, 2.24) is 25.1 Å². The van der Waals surface area contributed by atoms with E-state index in [1.54, 1.807) is 12.4 Å². The first kappa shape index (κ1) is 22.6. The number of nitriles is 1. The number of rotatable bonds is 4. The number of carbonyl (C=O) groups is 1. The van der Waals surface area contributed by atoms with Crippen molar-refractivity contribution in [3.8, 4) is 6.07 Å². The number of hydrogen-bond donors (Lipinski definition) is 1. The molecule has 1 aromatic heterocycles. The maximum absolute atomic E-state index is 13.2. The average molecular weight is 460 g/mol. The number of aromatic nitrogens is 2. The van der Waals surface area contributed by atoms with Gasteiger partial charge in [-0.15, -0.1) is 0 Å². The van der Waals surface area contributed by atoms with E-state index >= 15 is 0 Å². The SMILES string of the molecule is N#Cc1cnc(N2C[C@@H]3CC[C@H]2CN3C(=O)NC2CCCN(Cc3ccccc3)CCC2)nc1. The maximum atomic E-state index is 13.2. The van der Waals surface area contributed by atoms with Crippen molar-refractivity contribution < 1.29 is 4.79 Å². The van der Waals surface area contributed by atoms with Crippen molar-refractivity contribution >= 4 is 12.0 Å². The van der Waals surface area contributed by atoms with Crippen LogP contribution in [0.1, 0.15) is 49.7 Å². The third-order valence-corrected chi connectivity index (χ3v) is 7.45. The largest absolute Gasteiger partial charge is 0.335 e. The van der Waals surface area contributed by atoms with E-state index in [2.05, 4.69) is 61.5 Å². The van der Waals surface area contributed by atoms with E-state index in [0.717, 1.165) is 64.7 Å². The molecule has 4 aliphatic heterocycles. The number of fused-ring (bicyclic) bond motifs is 3. The molecule has 2 bridgehead atoms. The minimum Gasteiger partial charge on any atom is -0.335 e. The molecule has 34 heavy (non-hydrogen) atoms. The molecular formula is C26H33N7O. The van der Waals surface area contributed by atoms with Crippen molar-refractivity contribution in [2.75, 3.05) is 31.1 Å². The summed E-state index contributed by atoms with van der Waals surface area (Å²) in [6.45, 7) is 4.62. The Morgan fingerprint density at radius 2 is 1.71 bits per heavy atom. The molecule has 1 N–H and O–H groups in total. The molecular weight excluding hydrogens is 426 g/mol. The Balaban J connectivity index is 1.12.